The molecule has 0 unspecified atom stereocenters. The lowest BCUT2D eigenvalue weighted by Gasteiger charge is -2.31. The standard InChI is InChI=1S/C19H26N4OS/c1-13(2)7-19-21-11-18(25-19)17-10-20-9-16(22-17)8-15-5-4-6-23(12-15)14(3)24/h9-11,13,15H,4-8,12H2,1-3H3/t15-/m1/s1. The molecule has 0 bridgehead atoms. The summed E-state index contributed by atoms with van der Waals surface area (Å²) in [6.45, 7) is 7.78. The van der Waals surface area contributed by atoms with Crippen molar-refractivity contribution < 1.29 is 4.79 Å². The number of carbonyl (C=O) groups is 1. The Kier molecular flexibility index (Phi) is 5.78. The highest BCUT2D eigenvalue weighted by Gasteiger charge is 2.22. The number of aromatic nitrogens is 3. The number of likely N-dealkylation sites (tertiary alicyclic amines) is 1. The van der Waals surface area contributed by atoms with Crippen LogP contribution >= 0.6 is 11.3 Å². The second-order valence-electron chi connectivity index (χ2n) is 7.29. The average molecular weight is 359 g/mol. The molecule has 6 heteroatoms. The van der Waals surface area contributed by atoms with Crippen molar-refractivity contribution >= 4 is 17.2 Å². The quantitative estimate of drug-likeness (QED) is 0.819. The Bertz CT molecular complexity index is 728. The fraction of sp³-hybridized carbons (Fsp3) is 0.579. The monoisotopic (exact) mass is 358 g/mol. The molecule has 0 saturated carbocycles. The van der Waals surface area contributed by atoms with E-state index in [1.54, 1.807) is 18.3 Å². The summed E-state index contributed by atoms with van der Waals surface area (Å²) >= 11 is 1.71. The fourth-order valence-electron chi connectivity index (χ4n) is 3.31. The van der Waals surface area contributed by atoms with Gasteiger partial charge in [0, 0.05) is 38.8 Å². The molecule has 1 aliphatic rings. The van der Waals surface area contributed by atoms with Crippen molar-refractivity contribution in [2.45, 2.75) is 46.5 Å². The van der Waals surface area contributed by atoms with E-state index in [0.717, 1.165) is 60.0 Å². The van der Waals surface area contributed by atoms with Crippen LogP contribution in [-0.2, 0) is 17.6 Å². The summed E-state index contributed by atoms with van der Waals surface area (Å²) in [5.74, 6) is 1.25. The summed E-state index contributed by atoms with van der Waals surface area (Å²) < 4.78 is 0. The van der Waals surface area contributed by atoms with E-state index in [1.165, 1.54) is 0 Å². The van der Waals surface area contributed by atoms with Gasteiger partial charge in [0.15, 0.2) is 0 Å². The highest BCUT2D eigenvalue weighted by molar-refractivity contribution is 7.15. The van der Waals surface area contributed by atoms with E-state index in [-0.39, 0.29) is 5.91 Å². The normalized spacial score (nSPS) is 17.9. The van der Waals surface area contributed by atoms with E-state index in [0.29, 0.717) is 11.8 Å². The molecule has 0 aromatic carbocycles. The molecule has 1 atom stereocenters. The molecule has 3 heterocycles. The van der Waals surface area contributed by atoms with Crippen LogP contribution in [0.15, 0.2) is 18.6 Å². The summed E-state index contributed by atoms with van der Waals surface area (Å²) in [6.07, 6.45) is 9.68. The lowest BCUT2D eigenvalue weighted by molar-refractivity contribution is -0.130. The Balaban J connectivity index is 1.69. The summed E-state index contributed by atoms with van der Waals surface area (Å²) in [4.78, 5) is 28.3. The third-order valence-electron chi connectivity index (χ3n) is 4.54. The van der Waals surface area contributed by atoms with Crippen LogP contribution in [0.25, 0.3) is 10.6 Å². The number of piperidine rings is 1. The molecule has 0 radical (unpaired) electrons. The van der Waals surface area contributed by atoms with E-state index in [4.69, 9.17) is 4.98 Å². The molecule has 5 nitrogen and oxygen atoms in total. The highest BCUT2D eigenvalue weighted by Crippen LogP contribution is 2.26. The SMILES string of the molecule is CC(=O)N1CCC[C@H](Cc2cncc(-c3cnc(CC(C)C)s3)n2)C1. The number of hydrogen-bond acceptors (Lipinski definition) is 5. The minimum atomic E-state index is 0.173. The molecule has 1 saturated heterocycles. The van der Waals surface area contributed by atoms with E-state index in [1.807, 2.05) is 23.5 Å². The van der Waals surface area contributed by atoms with Crippen LogP contribution in [0.2, 0.25) is 0 Å². The van der Waals surface area contributed by atoms with Gasteiger partial charge < -0.3 is 4.90 Å². The van der Waals surface area contributed by atoms with Crippen molar-refractivity contribution in [2.75, 3.05) is 13.1 Å². The summed E-state index contributed by atoms with van der Waals surface area (Å²) in [7, 11) is 0. The number of nitrogens with zero attached hydrogens (tertiary/aromatic N) is 4. The maximum Gasteiger partial charge on any atom is 0.219 e. The van der Waals surface area contributed by atoms with Crippen molar-refractivity contribution in [3.8, 4) is 10.6 Å². The number of carbonyl (C=O) groups excluding carboxylic acids is 1. The van der Waals surface area contributed by atoms with Crippen LogP contribution in [0.4, 0.5) is 0 Å². The average Bonchev–Trinajstić information content (AvgIpc) is 3.03. The lowest BCUT2D eigenvalue weighted by Crippen LogP contribution is -2.39. The van der Waals surface area contributed by atoms with Gasteiger partial charge in [-0.15, -0.1) is 11.3 Å². The van der Waals surface area contributed by atoms with Crippen LogP contribution in [0.1, 0.15) is 44.3 Å². The molecule has 134 valence electrons. The van der Waals surface area contributed by atoms with Crippen molar-refractivity contribution in [1.29, 1.82) is 0 Å². The molecule has 0 aliphatic carbocycles. The van der Waals surface area contributed by atoms with Gasteiger partial charge in [-0.05, 0) is 31.1 Å². The maximum absolute atomic E-state index is 11.6. The molecule has 0 N–H and O–H groups in total. The molecular formula is C19H26N4OS. The Labute approximate surface area is 153 Å². The second kappa shape index (κ2) is 8.04. The van der Waals surface area contributed by atoms with Crippen LogP contribution in [0.3, 0.4) is 0 Å². The van der Waals surface area contributed by atoms with Crippen LogP contribution in [0, 0.1) is 11.8 Å². The van der Waals surface area contributed by atoms with Gasteiger partial charge in [-0.25, -0.2) is 9.97 Å². The summed E-state index contributed by atoms with van der Waals surface area (Å²) in [6, 6.07) is 0. The molecule has 2 aromatic rings. The maximum atomic E-state index is 11.6. The third-order valence-corrected chi connectivity index (χ3v) is 5.58. The predicted molar refractivity (Wildman–Crippen MR) is 100 cm³/mol. The largest absolute Gasteiger partial charge is 0.343 e. The lowest BCUT2D eigenvalue weighted by atomic mass is 9.93. The minimum Gasteiger partial charge on any atom is -0.343 e. The van der Waals surface area contributed by atoms with E-state index < -0.39 is 0 Å². The molecule has 25 heavy (non-hydrogen) atoms. The predicted octanol–water partition coefficient (Wildman–Crippen LogP) is 3.60. The zero-order valence-corrected chi connectivity index (χ0v) is 16.1. The Morgan fingerprint density at radius 1 is 1.36 bits per heavy atom. The first kappa shape index (κ1) is 18.0. The Morgan fingerprint density at radius 2 is 2.20 bits per heavy atom. The number of rotatable bonds is 5. The molecule has 1 amide bonds. The van der Waals surface area contributed by atoms with Gasteiger partial charge in [0.05, 0.1) is 21.8 Å². The summed E-state index contributed by atoms with van der Waals surface area (Å²) in [5.41, 5.74) is 1.91. The van der Waals surface area contributed by atoms with E-state index >= 15 is 0 Å². The van der Waals surface area contributed by atoms with Crippen molar-refractivity contribution in [3.63, 3.8) is 0 Å². The Hall–Kier alpha value is -1.82. The molecule has 2 aromatic heterocycles. The van der Waals surface area contributed by atoms with Crippen molar-refractivity contribution in [2.24, 2.45) is 11.8 Å². The zero-order chi connectivity index (χ0) is 17.8. The first-order chi connectivity index (χ1) is 12.0. The van der Waals surface area contributed by atoms with E-state index in [2.05, 4.69) is 23.8 Å². The third kappa shape index (κ3) is 4.84. The van der Waals surface area contributed by atoms with Crippen molar-refractivity contribution in [1.82, 2.24) is 19.9 Å². The van der Waals surface area contributed by atoms with E-state index in [9.17, 15) is 4.79 Å². The van der Waals surface area contributed by atoms with Gasteiger partial charge in [-0.2, -0.15) is 0 Å². The second-order valence-corrected chi connectivity index (χ2v) is 8.40. The minimum absolute atomic E-state index is 0.173. The van der Waals surface area contributed by atoms with Gasteiger partial charge >= 0.3 is 0 Å². The first-order valence-electron chi connectivity index (χ1n) is 9.02. The Morgan fingerprint density at radius 3 is 2.96 bits per heavy atom. The van der Waals surface area contributed by atoms with Crippen LogP contribution < -0.4 is 0 Å². The van der Waals surface area contributed by atoms with Crippen molar-refractivity contribution in [3.05, 3.63) is 29.3 Å². The molecular weight excluding hydrogens is 332 g/mol. The molecule has 3 rings (SSSR count). The summed E-state index contributed by atoms with van der Waals surface area (Å²) in [5, 5.41) is 1.15. The number of hydrogen-bond donors (Lipinski definition) is 0. The smallest absolute Gasteiger partial charge is 0.219 e. The van der Waals surface area contributed by atoms with Gasteiger partial charge in [0.1, 0.15) is 5.69 Å². The number of amides is 1. The topological polar surface area (TPSA) is 59.0 Å². The van der Waals surface area contributed by atoms with Gasteiger partial charge in [0.2, 0.25) is 5.91 Å². The van der Waals surface area contributed by atoms with Gasteiger partial charge in [-0.3, -0.25) is 9.78 Å². The molecule has 0 spiro atoms. The van der Waals surface area contributed by atoms with Gasteiger partial charge in [-0.1, -0.05) is 13.8 Å². The molecule has 1 fully saturated rings. The van der Waals surface area contributed by atoms with Crippen LogP contribution in [0.5, 0.6) is 0 Å². The highest BCUT2D eigenvalue weighted by atomic mass is 32.1. The molecule has 1 aliphatic heterocycles. The zero-order valence-electron chi connectivity index (χ0n) is 15.2. The van der Waals surface area contributed by atoms with Crippen LogP contribution in [-0.4, -0.2) is 38.8 Å². The van der Waals surface area contributed by atoms with Gasteiger partial charge in [0.25, 0.3) is 0 Å². The fourth-order valence-corrected chi connectivity index (χ4v) is 4.39. The first-order valence-corrected chi connectivity index (χ1v) is 9.84. The number of thiazole rings is 1.